The van der Waals surface area contributed by atoms with E-state index in [-0.39, 0.29) is 0 Å². The average Bonchev–Trinajstić information content (AvgIpc) is 2.47. The minimum atomic E-state index is 0.316. The van der Waals surface area contributed by atoms with Crippen LogP contribution in [0, 0.1) is 0 Å². The normalized spacial score (nSPS) is 22.3. The third-order valence-corrected chi connectivity index (χ3v) is 4.86. The van der Waals surface area contributed by atoms with Crippen LogP contribution in [0.3, 0.4) is 0 Å². The van der Waals surface area contributed by atoms with Crippen molar-refractivity contribution < 1.29 is 4.74 Å². The Morgan fingerprint density at radius 2 is 2.00 bits per heavy atom. The second kappa shape index (κ2) is 7.32. The monoisotopic (exact) mass is 306 g/mol. The van der Waals surface area contributed by atoms with E-state index in [4.69, 9.17) is 4.74 Å². The molecule has 0 aliphatic heterocycles. The molecule has 4 heteroatoms. The maximum Gasteiger partial charge on any atom is 0.131 e. The van der Waals surface area contributed by atoms with Gasteiger partial charge in [0.05, 0.1) is 11.7 Å². The first kappa shape index (κ1) is 16.4. The van der Waals surface area contributed by atoms with Crippen molar-refractivity contribution in [2.24, 2.45) is 0 Å². The molecular weight excluding hydrogens is 280 g/mol. The Labute approximate surface area is 132 Å². The van der Waals surface area contributed by atoms with Crippen molar-refractivity contribution >= 4 is 17.3 Å². The lowest BCUT2D eigenvalue weighted by Crippen LogP contribution is -2.35. The van der Waals surface area contributed by atoms with E-state index in [0.29, 0.717) is 12.1 Å². The molecule has 0 unspecified atom stereocenters. The van der Waals surface area contributed by atoms with Gasteiger partial charge in [-0.15, -0.1) is 11.8 Å². The van der Waals surface area contributed by atoms with E-state index >= 15 is 0 Å². The SMILES string of the molecule is C=C(C)c1c(OC2CCC(N(C)C)CC2)ccnc1SC. The van der Waals surface area contributed by atoms with Gasteiger partial charge in [-0.25, -0.2) is 4.98 Å². The van der Waals surface area contributed by atoms with Crippen molar-refractivity contribution in [1.82, 2.24) is 9.88 Å². The largest absolute Gasteiger partial charge is 0.490 e. The third-order valence-electron chi connectivity index (χ3n) is 4.17. The summed E-state index contributed by atoms with van der Waals surface area (Å²) in [6.45, 7) is 6.10. The molecule has 3 nitrogen and oxygen atoms in total. The molecule has 0 atom stereocenters. The lowest BCUT2D eigenvalue weighted by atomic mass is 9.92. The van der Waals surface area contributed by atoms with Gasteiger partial charge in [-0.05, 0) is 64.6 Å². The van der Waals surface area contributed by atoms with Crippen LogP contribution in [0.25, 0.3) is 5.57 Å². The predicted octanol–water partition coefficient (Wildman–Crippen LogP) is 4.09. The second-order valence-electron chi connectivity index (χ2n) is 5.99. The summed E-state index contributed by atoms with van der Waals surface area (Å²) >= 11 is 1.65. The van der Waals surface area contributed by atoms with Crippen LogP contribution in [0.1, 0.15) is 38.2 Å². The number of rotatable bonds is 5. The molecule has 1 fully saturated rings. The van der Waals surface area contributed by atoms with Gasteiger partial charge in [-0.2, -0.15) is 0 Å². The van der Waals surface area contributed by atoms with E-state index in [1.807, 2.05) is 25.4 Å². The maximum atomic E-state index is 6.29. The summed E-state index contributed by atoms with van der Waals surface area (Å²) in [5.74, 6) is 0.940. The molecule has 0 spiro atoms. The van der Waals surface area contributed by atoms with Crippen LogP contribution in [-0.4, -0.2) is 42.4 Å². The maximum absolute atomic E-state index is 6.29. The molecule has 0 amide bonds. The Balaban J connectivity index is 2.09. The summed E-state index contributed by atoms with van der Waals surface area (Å²) in [5.41, 5.74) is 2.09. The number of pyridine rings is 1. The number of ether oxygens (including phenoxy) is 1. The first-order valence-electron chi connectivity index (χ1n) is 7.55. The zero-order chi connectivity index (χ0) is 15.4. The predicted molar refractivity (Wildman–Crippen MR) is 91.1 cm³/mol. The topological polar surface area (TPSA) is 25.4 Å². The van der Waals surface area contributed by atoms with E-state index < -0.39 is 0 Å². The minimum absolute atomic E-state index is 0.316. The second-order valence-corrected chi connectivity index (χ2v) is 6.78. The van der Waals surface area contributed by atoms with Crippen molar-refractivity contribution in [3.63, 3.8) is 0 Å². The smallest absolute Gasteiger partial charge is 0.131 e. The molecule has 2 rings (SSSR count). The van der Waals surface area contributed by atoms with Gasteiger partial charge in [0.1, 0.15) is 10.8 Å². The molecule has 0 aromatic carbocycles. The zero-order valence-electron chi connectivity index (χ0n) is 13.6. The van der Waals surface area contributed by atoms with Gasteiger partial charge in [0.25, 0.3) is 0 Å². The van der Waals surface area contributed by atoms with Crippen LogP contribution in [0.5, 0.6) is 5.75 Å². The van der Waals surface area contributed by atoms with Crippen LogP contribution < -0.4 is 4.74 Å². The summed E-state index contributed by atoms with van der Waals surface area (Å²) in [5, 5.41) is 1.00. The van der Waals surface area contributed by atoms with E-state index in [9.17, 15) is 0 Å². The Morgan fingerprint density at radius 3 is 2.52 bits per heavy atom. The van der Waals surface area contributed by atoms with Crippen molar-refractivity contribution in [3.8, 4) is 5.75 Å². The Hall–Kier alpha value is -1.00. The lowest BCUT2D eigenvalue weighted by Gasteiger charge is -2.33. The standard InChI is InChI=1S/C17H26N2OS/c1-12(2)16-15(10-11-18-17(16)21-5)20-14-8-6-13(7-9-14)19(3)4/h10-11,13-14H,1,6-9H2,2-5H3. The third kappa shape index (κ3) is 4.01. The van der Waals surface area contributed by atoms with Crippen molar-refractivity contribution in [2.75, 3.05) is 20.4 Å². The van der Waals surface area contributed by atoms with E-state index in [1.54, 1.807) is 11.8 Å². The fourth-order valence-corrected chi connectivity index (χ4v) is 3.58. The van der Waals surface area contributed by atoms with Gasteiger partial charge < -0.3 is 9.64 Å². The van der Waals surface area contributed by atoms with E-state index in [2.05, 4.69) is 30.6 Å². The zero-order valence-corrected chi connectivity index (χ0v) is 14.4. The molecule has 0 N–H and O–H groups in total. The summed E-state index contributed by atoms with van der Waals surface area (Å²) in [6, 6.07) is 2.67. The molecule has 1 aliphatic carbocycles. The summed E-state index contributed by atoms with van der Waals surface area (Å²) in [4.78, 5) is 6.75. The van der Waals surface area contributed by atoms with Crippen molar-refractivity contribution in [3.05, 3.63) is 24.4 Å². The Kier molecular flexibility index (Phi) is 5.71. The molecule has 116 valence electrons. The molecule has 1 saturated carbocycles. The van der Waals surface area contributed by atoms with Crippen LogP contribution in [0.15, 0.2) is 23.9 Å². The van der Waals surface area contributed by atoms with E-state index in [0.717, 1.165) is 34.8 Å². The molecule has 1 heterocycles. The van der Waals surface area contributed by atoms with Gasteiger partial charge in [0.15, 0.2) is 0 Å². The van der Waals surface area contributed by atoms with Gasteiger partial charge >= 0.3 is 0 Å². The van der Waals surface area contributed by atoms with Gasteiger partial charge in [-0.1, -0.05) is 6.58 Å². The van der Waals surface area contributed by atoms with Crippen LogP contribution in [-0.2, 0) is 0 Å². The van der Waals surface area contributed by atoms with E-state index in [1.165, 1.54) is 12.8 Å². The fraction of sp³-hybridized carbons (Fsp3) is 0.588. The molecule has 1 aliphatic rings. The van der Waals surface area contributed by atoms with Gasteiger partial charge in [0.2, 0.25) is 0 Å². The molecule has 1 aromatic rings. The van der Waals surface area contributed by atoms with Gasteiger partial charge in [-0.3, -0.25) is 0 Å². The summed E-state index contributed by atoms with van der Waals surface area (Å²) < 4.78 is 6.29. The fourth-order valence-electron chi connectivity index (χ4n) is 2.93. The van der Waals surface area contributed by atoms with Crippen LogP contribution >= 0.6 is 11.8 Å². The highest BCUT2D eigenvalue weighted by Gasteiger charge is 2.24. The lowest BCUT2D eigenvalue weighted by molar-refractivity contribution is 0.110. The van der Waals surface area contributed by atoms with Crippen LogP contribution in [0.4, 0.5) is 0 Å². The molecule has 0 saturated heterocycles. The highest BCUT2D eigenvalue weighted by atomic mass is 32.2. The molecule has 0 bridgehead atoms. The highest BCUT2D eigenvalue weighted by molar-refractivity contribution is 7.98. The summed E-state index contributed by atoms with van der Waals surface area (Å²) in [6.07, 6.45) is 8.85. The number of allylic oxidation sites excluding steroid dienone is 1. The number of nitrogens with zero attached hydrogens (tertiary/aromatic N) is 2. The molecular formula is C17H26N2OS. The quantitative estimate of drug-likeness (QED) is 0.765. The van der Waals surface area contributed by atoms with Crippen molar-refractivity contribution in [1.29, 1.82) is 0 Å². The molecule has 0 radical (unpaired) electrons. The molecule has 21 heavy (non-hydrogen) atoms. The number of aromatic nitrogens is 1. The van der Waals surface area contributed by atoms with Crippen molar-refractivity contribution in [2.45, 2.75) is 49.8 Å². The van der Waals surface area contributed by atoms with Gasteiger partial charge in [0, 0.05) is 12.2 Å². The summed E-state index contributed by atoms with van der Waals surface area (Å²) in [7, 11) is 4.33. The minimum Gasteiger partial charge on any atom is -0.490 e. The van der Waals surface area contributed by atoms with Crippen LogP contribution in [0.2, 0.25) is 0 Å². The Morgan fingerprint density at radius 1 is 1.33 bits per heavy atom. The first-order valence-corrected chi connectivity index (χ1v) is 8.77. The highest BCUT2D eigenvalue weighted by Crippen LogP contribution is 2.34. The first-order chi connectivity index (χ1) is 10.0. The average molecular weight is 306 g/mol. The number of thioether (sulfide) groups is 1. The number of hydrogen-bond donors (Lipinski definition) is 0. The number of hydrogen-bond acceptors (Lipinski definition) is 4. The molecule has 1 aromatic heterocycles. The Bertz CT molecular complexity index is 494.